The lowest BCUT2D eigenvalue weighted by Crippen LogP contribution is -2.40. The first kappa shape index (κ1) is 14.8. The number of piperidine rings is 1. The standard InChI is InChI=1S/C16H20N4O2/c1-15(2,3)22-14(21)20-8-5-11-12(9-20)16(11,10-17)13-18-6-4-7-19-13/h4,6-7,11-12H,5,8-9H2,1-3H3. The zero-order valence-corrected chi connectivity index (χ0v) is 13.1. The third kappa shape index (κ3) is 2.31. The summed E-state index contributed by atoms with van der Waals surface area (Å²) in [5.41, 5.74) is -1.15. The Bertz CT molecular complexity index is 619. The van der Waals surface area contributed by atoms with Gasteiger partial charge in [-0.2, -0.15) is 5.26 Å². The molecule has 116 valence electrons. The van der Waals surface area contributed by atoms with Gasteiger partial charge in [0.25, 0.3) is 0 Å². The van der Waals surface area contributed by atoms with Crippen LogP contribution in [0.1, 0.15) is 33.0 Å². The van der Waals surface area contributed by atoms with Gasteiger partial charge in [0, 0.05) is 31.4 Å². The Morgan fingerprint density at radius 2 is 2.09 bits per heavy atom. The molecule has 2 heterocycles. The zero-order chi connectivity index (χ0) is 16.0. The fourth-order valence-corrected chi connectivity index (χ4v) is 3.41. The van der Waals surface area contributed by atoms with E-state index < -0.39 is 11.0 Å². The normalized spacial score (nSPS) is 30.2. The number of carbonyl (C=O) groups excluding carboxylic acids is 1. The van der Waals surface area contributed by atoms with Gasteiger partial charge >= 0.3 is 6.09 Å². The van der Waals surface area contributed by atoms with Crippen LogP contribution in [0, 0.1) is 23.2 Å². The molecule has 0 radical (unpaired) electrons. The summed E-state index contributed by atoms with van der Waals surface area (Å²) in [6, 6.07) is 4.16. The van der Waals surface area contributed by atoms with Crippen LogP contribution in [-0.4, -0.2) is 39.7 Å². The van der Waals surface area contributed by atoms with Gasteiger partial charge in [0.15, 0.2) is 0 Å². The minimum Gasteiger partial charge on any atom is -0.444 e. The molecule has 2 aliphatic rings. The highest BCUT2D eigenvalue weighted by atomic mass is 16.6. The molecule has 1 saturated carbocycles. The Morgan fingerprint density at radius 3 is 2.68 bits per heavy atom. The monoisotopic (exact) mass is 300 g/mol. The van der Waals surface area contributed by atoms with Crippen LogP contribution in [0.3, 0.4) is 0 Å². The molecule has 1 aliphatic heterocycles. The first-order chi connectivity index (χ1) is 10.4. The molecular weight excluding hydrogens is 280 g/mol. The van der Waals surface area contributed by atoms with E-state index in [1.807, 2.05) is 20.8 Å². The van der Waals surface area contributed by atoms with Crippen LogP contribution >= 0.6 is 0 Å². The minimum atomic E-state index is -0.641. The molecule has 0 aromatic carbocycles. The van der Waals surface area contributed by atoms with Gasteiger partial charge in [-0.1, -0.05) is 0 Å². The third-order valence-corrected chi connectivity index (χ3v) is 4.45. The summed E-state index contributed by atoms with van der Waals surface area (Å²) >= 11 is 0. The number of hydrogen-bond donors (Lipinski definition) is 0. The average Bonchev–Trinajstić information content (AvgIpc) is 3.14. The maximum Gasteiger partial charge on any atom is 0.410 e. The van der Waals surface area contributed by atoms with Gasteiger partial charge in [0.2, 0.25) is 0 Å². The van der Waals surface area contributed by atoms with Crippen LogP contribution in [0.2, 0.25) is 0 Å². The van der Waals surface area contributed by atoms with Gasteiger partial charge in [-0.15, -0.1) is 0 Å². The van der Waals surface area contributed by atoms with Crippen LogP contribution in [0.25, 0.3) is 0 Å². The third-order valence-electron chi connectivity index (χ3n) is 4.45. The lowest BCUT2D eigenvalue weighted by molar-refractivity contribution is 0.0207. The van der Waals surface area contributed by atoms with E-state index in [-0.39, 0.29) is 17.9 Å². The van der Waals surface area contributed by atoms with Gasteiger partial charge < -0.3 is 9.64 Å². The van der Waals surface area contributed by atoms with Crippen molar-refractivity contribution in [2.75, 3.05) is 13.1 Å². The summed E-state index contributed by atoms with van der Waals surface area (Å²) in [7, 11) is 0. The number of nitrogens with zero attached hydrogens (tertiary/aromatic N) is 4. The highest BCUT2D eigenvalue weighted by molar-refractivity contribution is 5.68. The fraction of sp³-hybridized carbons (Fsp3) is 0.625. The molecule has 1 aromatic heterocycles. The lowest BCUT2D eigenvalue weighted by atomic mass is 10.0. The summed E-state index contributed by atoms with van der Waals surface area (Å²) < 4.78 is 5.42. The second kappa shape index (κ2) is 4.94. The maximum absolute atomic E-state index is 12.2. The summed E-state index contributed by atoms with van der Waals surface area (Å²) in [4.78, 5) is 22.4. The Morgan fingerprint density at radius 1 is 1.41 bits per heavy atom. The number of likely N-dealkylation sites (tertiary alicyclic amines) is 1. The SMILES string of the molecule is CC(C)(C)OC(=O)N1CCC2C(C1)C2(C#N)c1ncccn1. The van der Waals surface area contributed by atoms with E-state index in [0.29, 0.717) is 18.9 Å². The van der Waals surface area contributed by atoms with Crippen molar-refractivity contribution in [3.8, 4) is 6.07 Å². The fourth-order valence-electron chi connectivity index (χ4n) is 3.41. The van der Waals surface area contributed by atoms with Crippen LogP contribution < -0.4 is 0 Å². The van der Waals surface area contributed by atoms with Crippen LogP contribution in [-0.2, 0) is 10.2 Å². The van der Waals surface area contributed by atoms with Crippen LogP contribution in [0.5, 0.6) is 0 Å². The van der Waals surface area contributed by atoms with Crippen molar-refractivity contribution in [2.24, 2.45) is 11.8 Å². The Labute approximate surface area is 130 Å². The number of amides is 1. The predicted molar refractivity (Wildman–Crippen MR) is 78.7 cm³/mol. The van der Waals surface area contributed by atoms with Gasteiger partial charge in [0.1, 0.15) is 16.8 Å². The highest BCUT2D eigenvalue weighted by Gasteiger charge is 2.70. The molecule has 1 amide bonds. The molecule has 0 bridgehead atoms. The van der Waals surface area contributed by atoms with Crippen molar-refractivity contribution < 1.29 is 9.53 Å². The predicted octanol–water partition coefficient (Wildman–Crippen LogP) is 2.12. The second-order valence-electron chi connectivity index (χ2n) is 6.98. The topological polar surface area (TPSA) is 79.1 Å². The number of aromatic nitrogens is 2. The van der Waals surface area contributed by atoms with Crippen molar-refractivity contribution in [1.29, 1.82) is 5.26 Å². The van der Waals surface area contributed by atoms with Gasteiger partial charge in [-0.05, 0) is 39.2 Å². The number of fused-ring (bicyclic) bond motifs is 1. The Kier molecular flexibility index (Phi) is 3.32. The first-order valence-electron chi connectivity index (χ1n) is 7.55. The maximum atomic E-state index is 12.2. The minimum absolute atomic E-state index is 0.0983. The van der Waals surface area contributed by atoms with Crippen molar-refractivity contribution >= 4 is 6.09 Å². The summed E-state index contributed by atoms with van der Waals surface area (Å²) in [6.45, 7) is 6.71. The molecule has 0 N–H and O–H groups in total. The molecule has 2 fully saturated rings. The molecule has 22 heavy (non-hydrogen) atoms. The van der Waals surface area contributed by atoms with Crippen LogP contribution in [0.4, 0.5) is 4.79 Å². The number of rotatable bonds is 1. The average molecular weight is 300 g/mol. The van der Waals surface area contributed by atoms with Gasteiger partial charge in [-0.3, -0.25) is 0 Å². The van der Waals surface area contributed by atoms with E-state index in [1.54, 1.807) is 23.4 Å². The summed E-state index contributed by atoms with van der Waals surface area (Å²) in [5.74, 6) is 0.915. The quantitative estimate of drug-likeness (QED) is 0.793. The number of hydrogen-bond acceptors (Lipinski definition) is 5. The van der Waals surface area contributed by atoms with Crippen molar-refractivity contribution in [3.05, 3.63) is 24.3 Å². The molecule has 6 nitrogen and oxygen atoms in total. The van der Waals surface area contributed by atoms with E-state index in [0.717, 1.165) is 6.42 Å². The molecule has 0 spiro atoms. The van der Waals surface area contributed by atoms with E-state index >= 15 is 0 Å². The van der Waals surface area contributed by atoms with E-state index in [1.165, 1.54) is 0 Å². The van der Waals surface area contributed by atoms with Gasteiger partial charge in [-0.25, -0.2) is 14.8 Å². The number of carbonyl (C=O) groups is 1. The second-order valence-corrected chi connectivity index (χ2v) is 6.98. The van der Waals surface area contributed by atoms with E-state index in [4.69, 9.17) is 4.74 Å². The highest BCUT2D eigenvalue weighted by Crippen LogP contribution is 2.62. The molecule has 3 rings (SSSR count). The van der Waals surface area contributed by atoms with Crippen molar-refractivity contribution in [1.82, 2.24) is 14.9 Å². The smallest absolute Gasteiger partial charge is 0.410 e. The zero-order valence-electron chi connectivity index (χ0n) is 13.1. The Hall–Kier alpha value is -2.16. The molecule has 3 atom stereocenters. The van der Waals surface area contributed by atoms with Gasteiger partial charge in [0.05, 0.1) is 6.07 Å². The van der Waals surface area contributed by atoms with Crippen molar-refractivity contribution in [3.63, 3.8) is 0 Å². The number of ether oxygens (including phenoxy) is 1. The molecule has 6 heteroatoms. The molecule has 1 aromatic rings. The largest absolute Gasteiger partial charge is 0.444 e. The Balaban J connectivity index is 1.75. The molecule has 1 aliphatic carbocycles. The molecule has 1 saturated heterocycles. The van der Waals surface area contributed by atoms with E-state index in [2.05, 4.69) is 16.0 Å². The van der Waals surface area contributed by atoms with Crippen molar-refractivity contribution in [2.45, 2.75) is 38.2 Å². The first-order valence-corrected chi connectivity index (χ1v) is 7.55. The summed E-state index contributed by atoms with van der Waals surface area (Å²) in [6.07, 6.45) is 3.81. The lowest BCUT2D eigenvalue weighted by Gasteiger charge is -2.29. The summed E-state index contributed by atoms with van der Waals surface area (Å²) in [5, 5.41) is 9.69. The van der Waals surface area contributed by atoms with Crippen LogP contribution in [0.15, 0.2) is 18.5 Å². The molecule has 3 unspecified atom stereocenters. The van der Waals surface area contributed by atoms with E-state index in [9.17, 15) is 10.1 Å². The molecular formula is C16H20N4O2. The number of nitriles is 1.